The standard InChI is InChI=1S/C27H26O5/c28-23-11-25(19-1-3-20(4-2-19)26(29)30)32-24-6-5-21(10-22(23)24)31-15-27-12-16-7-17(13-27)9-18(8-16)14-27/h1-6,10-11,16-18H,7-9,12-15H2,(H,29,30). The number of carboxylic acids is 1. The van der Waals surface area contributed by atoms with E-state index >= 15 is 0 Å². The summed E-state index contributed by atoms with van der Waals surface area (Å²) in [6.45, 7) is 0.737. The van der Waals surface area contributed by atoms with Crippen LogP contribution in [0, 0.1) is 23.2 Å². The van der Waals surface area contributed by atoms with Gasteiger partial charge in [0.25, 0.3) is 0 Å². The monoisotopic (exact) mass is 430 g/mol. The van der Waals surface area contributed by atoms with Gasteiger partial charge in [-0.05, 0) is 86.6 Å². The van der Waals surface area contributed by atoms with E-state index in [2.05, 4.69) is 0 Å². The number of aromatic carboxylic acids is 1. The fraction of sp³-hybridized carbons (Fsp3) is 0.407. The molecule has 5 heteroatoms. The Balaban J connectivity index is 1.24. The van der Waals surface area contributed by atoms with Gasteiger partial charge in [0.1, 0.15) is 17.1 Å². The zero-order valence-electron chi connectivity index (χ0n) is 17.9. The van der Waals surface area contributed by atoms with Crippen molar-refractivity contribution in [3.8, 4) is 17.1 Å². The quantitative estimate of drug-likeness (QED) is 0.557. The third-order valence-corrected chi connectivity index (χ3v) is 7.83. The Hall–Kier alpha value is -3.08. The Kier molecular flexibility index (Phi) is 4.42. The van der Waals surface area contributed by atoms with Gasteiger partial charge in [-0.25, -0.2) is 4.79 Å². The summed E-state index contributed by atoms with van der Waals surface area (Å²) < 4.78 is 12.2. The predicted octanol–water partition coefficient (Wildman–Crippen LogP) is 5.75. The number of fused-ring (bicyclic) bond motifs is 1. The summed E-state index contributed by atoms with van der Waals surface area (Å²) in [5.41, 5.74) is 1.54. The molecule has 0 aliphatic heterocycles. The topological polar surface area (TPSA) is 76.7 Å². The van der Waals surface area contributed by atoms with Gasteiger partial charge in [0, 0.05) is 17.0 Å². The van der Waals surface area contributed by atoms with Crippen molar-refractivity contribution >= 4 is 16.9 Å². The van der Waals surface area contributed by atoms with Crippen molar-refractivity contribution in [2.75, 3.05) is 6.61 Å². The van der Waals surface area contributed by atoms with Crippen LogP contribution in [0.25, 0.3) is 22.3 Å². The number of hydrogen-bond donors (Lipinski definition) is 1. The third-order valence-electron chi connectivity index (χ3n) is 7.83. The van der Waals surface area contributed by atoms with Crippen molar-refractivity contribution < 1.29 is 19.1 Å². The van der Waals surface area contributed by atoms with E-state index in [0.717, 1.165) is 30.1 Å². The highest BCUT2D eigenvalue weighted by molar-refractivity contribution is 5.88. The van der Waals surface area contributed by atoms with E-state index in [1.807, 2.05) is 6.07 Å². The first-order chi connectivity index (χ1) is 15.5. The van der Waals surface area contributed by atoms with Crippen LogP contribution in [-0.2, 0) is 0 Å². The molecule has 0 amide bonds. The molecule has 4 bridgehead atoms. The van der Waals surface area contributed by atoms with Gasteiger partial charge < -0.3 is 14.3 Å². The second-order valence-corrected chi connectivity index (χ2v) is 10.2. The molecule has 2 aromatic carbocycles. The van der Waals surface area contributed by atoms with Crippen LogP contribution in [0.3, 0.4) is 0 Å². The summed E-state index contributed by atoms with van der Waals surface area (Å²) in [5.74, 6) is 2.81. The molecule has 0 saturated heterocycles. The number of hydrogen-bond acceptors (Lipinski definition) is 4. The Bertz CT molecular complexity index is 1220. The molecule has 164 valence electrons. The fourth-order valence-electron chi connectivity index (χ4n) is 6.85. The number of ether oxygens (including phenoxy) is 1. The smallest absolute Gasteiger partial charge is 0.335 e. The van der Waals surface area contributed by atoms with E-state index in [4.69, 9.17) is 14.3 Å². The molecule has 4 aliphatic rings. The summed E-state index contributed by atoms with van der Waals surface area (Å²) in [4.78, 5) is 23.9. The third kappa shape index (κ3) is 3.40. The van der Waals surface area contributed by atoms with Crippen molar-refractivity contribution in [1.29, 1.82) is 0 Å². The molecule has 0 radical (unpaired) electrons. The van der Waals surface area contributed by atoms with Crippen molar-refractivity contribution in [3.05, 3.63) is 64.3 Å². The largest absolute Gasteiger partial charge is 0.493 e. The van der Waals surface area contributed by atoms with E-state index in [-0.39, 0.29) is 11.0 Å². The van der Waals surface area contributed by atoms with Crippen LogP contribution in [0.2, 0.25) is 0 Å². The SMILES string of the molecule is O=C(O)c1ccc(-c2cc(=O)c3cc(OCC45CC6CC(CC(C6)C4)C5)ccc3o2)cc1. The number of carbonyl (C=O) groups is 1. The van der Waals surface area contributed by atoms with Crippen LogP contribution >= 0.6 is 0 Å². The zero-order chi connectivity index (χ0) is 21.9. The first-order valence-corrected chi connectivity index (χ1v) is 11.5. The highest BCUT2D eigenvalue weighted by Crippen LogP contribution is 2.60. The van der Waals surface area contributed by atoms with Crippen LogP contribution in [0.1, 0.15) is 48.9 Å². The number of benzene rings is 2. The molecule has 0 unspecified atom stereocenters. The minimum atomic E-state index is -0.988. The average Bonchev–Trinajstić information content (AvgIpc) is 2.77. The van der Waals surface area contributed by atoms with Crippen molar-refractivity contribution in [2.24, 2.45) is 23.2 Å². The molecule has 0 atom stereocenters. The first-order valence-electron chi connectivity index (χ1n) is 11.5. The van der Waals surface area contributed by atoms with Gasteiger partial charge in [-0.1, -0.05) is 12.1 Å². The molecule has 1 aromatic heterocycles. The maximum Gasteiger partial charge on any atom is 0.335 e. The maximum atomic E-state index is 12.8. The molecule has 4 aliphatic carbocycles. The molecular formula is C27H26O5. The van der Waals surface area contributed by atoms with Gasteiger partial charge >= 0.3 is 5.97 Å². The molecule has 0 spiro atoms. The minimum Gasteiger partial charge on any atom is -0.493 e. The van der Waals surface area contributed by atoms with Crippen molar-refractivity contribution in [1.82, 2.24) is 0 Å². The first kappa shape index (κ1) is 19.6. The van der Waals surface area contributed by atoms with E-state index in [1.165, 1.54) is 56.7 Å². The molecule has 1 N–H and O–H groups in total. The lowest BCUT2D eigenvalue weighted by Gasteiger charge is -2.56. The summed E-state index contributed by atoms with van der Waals surface area (Å²) in [6, 6.07) is 13.2. The molecule has 32 heavy (non-hydrogen) atoms. The normalized spacial score (nSPS) is 28.2. The molecular weight excluding hydrogens is 404 g/mol. The lowest BCUT2D eigenvalue weighted by Crippen LogP contribution is -2.48. The van der Waals surface area contributed by atoms with E-state index < -0.39 is 5.97 Å². The van der Waals surface area contributed by atoms with Gasteiger partial charge in [0.2, 0.25) is 0 Å². The highest BCUT2D eigenvalue weighted by atomic mass is 16.5. The zero-order valence-corrected chi connectivity index (χ0v) is 17.9. The number of rotatable bonds is 5. The Morgan fingerprint density at radius 2 is 1.62 bits per heavy atom. The van der Waals surface area contributed by atoms with Crippen LogP contribution in [0.5, 0.6) is 5.75 Å². The number of carboxylic acid groups (broad SMARTS) is 1. The fourth-order valence-corrected chi connectivity index (χ4v) is 6.85. The van der Waals surface area contributed by atoms with Gasteiger partial charge in [-0.15, -0.1) is 0 Å². The molecule has 7 rings (SSSR count). The molecule has 4 fully saturated rings. The second kappa shape index (κ2) is 7.22. The van der Waals surface area contributed by atoms with Crippen molar-refractivity contribution in [2.45, 2.75) is 38.5 Å². The van der Waals surface area contributed by atoms with Gasteiger partial charge in [0.05, 0.1) is 17.6 Å². The van der Waals surface area contributed by atoms with Crippen LogP contribution < -0.4 is 10.2 Å². The predicted molar refractivity (Wildman–Crippen MR) is 121 cm³/mol. The molecule has 4 saturated carbocycles. The Labute approximate surface area is 186 Å². The Morgan fingerprint density at radius 3 is 2.25 bits per heavy atom. The van der Waals surface area contributed by atoms with Gasteiger partial charge in [-0.3, -0.25) is 4.79 Å². The van der Waals surface area contributed by atoms with E-state index in [0.29, 0.717) is 27.7 Å². The summed E-state index contributed by atoms with van der Waals surface area (Å²) in [6.07, 6.45) is 8.11. The second-order valence-electron chi connectivity index (χ2n) is 10.2. The molecule has 5 nitrogen and oxygen atoms in total. The van der Waals surface area contributed by atoms with Crippen molar-refractivity contribution in [3.63, 3.8) is 0 Å². The summed E-state index contributed by atoms with van der Waals surface area (Å²) in [7, 11) is 0. The van der Waals surface area contributed by atoms with Crippen LogP contribution in [0.15, 0.2) is 57.7 Å². The lowest BCUT2D eigenvalue weighted by atomic mass is 9.50. The summed E-state index contributed by atoms with van der Waals surface area (Å²) >= 11 is 0. The summed E-state index contributed by atoms with van der Waals surface area (Å²) in [5, 5.41) is 9.56. The van der Waals surface area contributed by atoms with Gasteiger partial charge in [-0.2, -0.15) is 0 Å². The minimum absolute atomic E-state index is 0.135. The highest BCUT2D eigenvalue weighted by Gasteiger charge is 2.51. The van der Waals surface area contributed by atoms with Crippen LogP contribution in [-0.4, -0.2) is 17.7 Å². The maximum absolute atomic E-state index is 12.8. The van der Waals surface area contributed by atoms with E-state index in [9.17, 15) is 9.59 Å². The van der Waals surface area contributed by atoms with Gasteiger partial charge in [0.15, 0.2) is 5.43 Å². The Morgan fingerprint density at radius 1 is 0.969 bits per heavy atom. The van der Waals surface area contributed by atoms with E-state index in [1.54, 1.807) is 24.3 Å². The molecule has 1 heterocycles. The average molecular weight is 431 g/mol. The lowest BCUT2D eigenvalue weighted by molar-refractivity contribution is -0.0745. The molecule has 3 aromatic rings. The van der Waals surface area contributed by atoms with Crippen LogP contribution in [0.4, 0.5) is 0 Å².